The Kier molecular flexibility index (Phi) is 7.34. The number of sulfonamides is 1. The molecule has 0 saturated carbocycles. The molecule has 1 fully saturated rings. The normalized spacial score (nSPS) is 16.8. The highest BCUT2D eigenvalue weighted by Gasteiger charge is 2.27. The van der Waals surface area contributed by atoms with E-state index in [0.717, 1.165) is 4.90 Å². The molecule has 0 bridgehead atoms. The van der Waals surface area contributed by atoms with E-state index in [4.69, 9.17) is 0 Å². The van der Waals surface area contributed by atoms with Crippen molar-refractivity contribution >= 4 is 27.7 Å². The number of carbonyl (C=O) groups is 1. The maximum Gasteiger partial charge on any atom is 0.230 e. The quantitative estimate of drug-likeness (QED) is 0.734. The van der Waals surface area contributed by atoms with Crippen molar-refractivity contribution in [3.8, 4) is 0 Å². The average molecular weight is 385 g/mol. The molecule has 140 valence electrons. The van der Waals surface area contributed by atoms with Crippen molar-refractivity contribution < 1.29 is 13.2 Å². The lowest BCUT2D eigenvalue weighted by Crippen LogP contribution is -2.47. The molecule has 0 atom stereocenters. The first-order valence-corrected chi connectivity index (χ1v) is 11.4. The van der Waals surface area contributed by atoms with Gasteiger partial charge in [-0.15, -0.1) is 11.8 Å². The molecule has 0 unspecified atom stereocenters. The Morgan fingerprint density at radius 1 is 1.28 bits per heavy atom. The third-order valence-electron chi connectivity index (χ3n) is 4.38. The molecule has 0 aromatic heterocycles. The van der Waals surface area contributed by atoms with Gasteiger partial charge in [-0.3, -0.25) is 4.79 Å². The molecule has 1 aliphatic rings. The van der Waals surface area contributed by atoms with Crippen LogP contribution in [0.3, 0.4) is 0 Å². The van der Waals surface area contributed by atoms with Crippen molar-refractivity contribution in [1.82, 2.24) is 9.62 Å². The summed E-state index contributed by atoms with van der Waals surface area (Å²) in [6, 6.07) is 6.31. The molecule has 1 amide bonds. The Labute approximate surface area is 155 Å². The van der Waals surface area contributed by atoms with Crippen molar-refractivity contribution in [2.45, 2.75) is 51.0 Å². The van der Waals surface area contributed by atoms with Gasteiger partial charge in [0.25, 0.3) is 0 Å². The maximum absolute atomic E-state index is 12.2. The molecule has 7 heteroatoms. The molecule has 5 nitrogen and oxygen atoms in total. The smallest absolute Gasteiger partial charge is 0.230 e. The van der Waals surface area contributed by atoms with Crippen molar-refractivity contribution in [3.05, 3.63) is 29.3 Å². The monoisotopic (exact) mass is 384 g/mol. The first kappa shape index (κ1) is 20.3. The van der Waals surface area contributed by atoms with E-state index in [1.54, 1.807) is 16.1 Å². The summed E-state index contributed by atoms with van der Waals surface area (Å²) in [5.74, 6) is 0.607. The van der Waals surface area contributed by atoms with Crippen LogP contribution in [0.2, 0.25) is 0 Å². The Morgan fingerprint density at radius 3 is 2.60 bits per heavy atom. The lowest BCUT2D eigenvalue weighted by Gasteiger charge is -2.31. The summed E-state index contributed by atoms with van der Waals surface area (Å²) >= 11 is 1.55. The Balaban J connectivity index is 1.78. The molecule has 1 aromatic rings. The van der Waals surface area contributed by atoms with Crippen LogP contribution in [-0.2, 0) is 14.8 Å². The maximum atomic E-state index is 12.2. The highest BCUT2D eigenvalue weighted by molar-refractivity contribution is 8.00. The molecule has 0 radical (unpaired) electrons. The van der Waals surface area contributed by atoms with Crippen molar-refractivity contribution in [2.75, 3.05) is 24.6 Å². The van der Waals surface area contributed by atoms with E-state index in [1.807, 2.05) is 20.8 Å². The lowest BCUT2D eigenvalue weighted by atomic mass is 10.1. The summed E-state index contributed by atoms with van der Waals surface area (Å²) in [5, 5.41) is 3.05. The van der Waals surface area contributed by atoms with E-state index in [0.29, 0.717) is 38.1 Å². The summed E-state index contributed by atoms with van der Waals surface area (Å²) in [4.78, 5) is 13.3. The Hall–Kier alpha value is -1.05. The Morgan fingerprint density at radius 2 is 1.96 bits per heavy atom. The van der Waals surface area contributed by atoms with Gasteiger partial charge in [-0.1, -0.05) is 24.6 Å². The molecule has 0 spiro atoms. The summed E-state index contributed by atoms with van der Waals surface area (Å²) in [5.41, 5.74) is 2.37. The number of thioether (sulfide) groups is 1. The van der Waals surface area contributed by atoms with Crippen LogP contribution in [0.5, 0.6) is 0 Å². The number of nitrogens with zero attached hydrogens (tertiary/aromatic N) is 1. The van der Waals surface area contributed by atoms with Crippen LogP contribution in [0, 0.1) is 13.8 Å². The van der Waals surface area contributed by atoms with Gasteiger partial charge in [-0.05, 0) is 44.7 Å². The van der Waals surface area contributed by atoms with E-state index in [2.05, 4.69) is 23.5 Å². The van der Waals surface area contributed by atoms with Crippen LogP contribution >= 0.6 is 11.8 Å². The molecule has 1 aromatic carbocycles. The molecule has 1 heterocycles. The van der Waals surface area contributed by atoms with Gasteiger partial charge in [0, 0.05) is 24.0 Å². The van der Waals surface area contributed by atoms with Gasteiger partial charge >= 0.3 is 0 Å². The number of hydrogen-bond acceptors (Lipinski definition) is 4. The van der Waals surface area contributed by atoms with Crippen LogP contribution in [0.15, 0.2) is 23.1 Å². The third kappa shape index (κ3) is 6.01. The second kappa shape index (κ2) is 9.05. The standard InChI is InChI=1S/C18H28N2O3S2/c1-4-11-25(22,23)20-9-7-16(8-10-20)19-18(21)13-24-17-12-14(2)5-6-15(17)3/h5-6,12,16H,4,7-11,13H2,1-3H3,(H,19,21). The first-order chi connectivity index (χ1) is 11.8. The van der Waals surface area contributed by atoms with E-state index < -0.39 is 10.0 Å². The van der Waals surface area contributed by atoms with Crippen LogP contribution in [0.1, 0.15) is 37.3 Å². The summed E-state index contributed by atoms with van der Waals surface area (Å²) in [6.07, 6.45) is 2.00. The fraction of sp³-hybridized carbons (Fsp3) is 0.611. The van der Waals surface area contributed by atoms with E-state index in [-0.39, 0.29) is 17.7 Å². The van der Waals surface area contributed by atoms with Crippen LogP contribution in [0.4, 0.5) is 0 Å². The van der Waals surface area contributed by atoms with Crippen LogP contribution in [0.25, 0.3) is 0 Å². The van der Waals surface area contributed by atoms with Crippen LogP contribution < -0.4 is 5.32 Å². The van der Waals surface area contributed by atoms with Gasteiger partial charge in [0.2, 0.25) is 15.9 Å². The van der Waals surface area contributed by atoms with Crippen molar-refractivity contribution in [3.63, 3.8) is 0 Å². The van der Waals surface area contributed by atoms with Gasteiger partial charge in [0.1, 0.15) is 0 Å². The minimum absolute atomic E-state index is 0.0146. The largest absolute Gasteiger partial charge is 0.353 e. The third-order valence-corrected chi connectivity index (χ3v) is 7.61. The number of hydrogen-bond donors (Lipinski definition) is 1. The number of piperidine rings is 1. The number of aryl methyl sites for hydroxylation is 2. The predicted octanol–water partition coefficient (Wildman–Crippen LogP) is 2.72. The highest BCUT2D eigenvalue weighted by atomic mass is 32.2. The molecule has 1 N–H and O–H groups in total. The fourth-order valence-corrected chi connectivity index (χ4v) is 5.42. The minimum Gasteiger partial charge on any atom is -0.353 e. The molecular formula is C18H28N2O3S2. The average Bonchev–Trinajstić information content (AvgIpc) is 2.56. The van der Waals surface area contributed by atoms with Crippen LogP contribution in [-0.4, -0.2) is 49.3 Å². The number of amides is 1. The molecule has 2 rings (SSSR count). The summed E-state index contributed by atoms with van der Waals surface area (Å²) in [7, 11) is -3.12. The molecule has 0 aliphatic carbocycles. The second-order valence-electron chi connectivity index (χ2n) is 6.61. The topological polar surface area (TPSA) is 66.5 Å². The second-order valence-corrected chi connectivity index (χ2v) is 9.72. The highest BCUT2D eigenvalue weighted by Crippen LogP contribution is 2.23. The van der Waals surface area contributed by atoms with Gasteiger partial charge < -0.3 is 5.32 Å². The molecule has 25 heavy (non-hydrogen) atoms. The predicted molar refractivity (Wildman–Crippen MR) is 103 cm³/mol. The number of rotatable bonds is 7. The van der Waals surface area contributed by atoms with E-state index in [9.17, 15) is 13.2 Å². The molecule has 1 aliphatic heterocycles. The zero-order chi connectivity index (χ0) is 18.4. The SMILES string of the molecule is CCCS(=O)(=O)N1CCC(NC(=O)CSc2cc(C)ccc2C)CC1. The number of nitrogens with one attached hydrogen (secondary N) is 1. The van der Waals surface area contributed by atoms with E-state index in [1.165, 1.54) is 11.1 Å². The lowest BCUT2D eigenvalue weighted by molar-refractivity contribution is -0.119. The van der Waals surface area contributed by atoms with Crippen molar-refractivity contribution in [2.24, 2.45) is 0 Å². The zero-order valence-electron chi connectivity index (χ0n) is 15.2. The summed E-state index contributed by atoms with van der Waals surface area (Å²) < 4.78 is 25.7. The minimum atomic E-state index is -3.12. The summed E-state index contributed by atoms with van der Waals surface area (Å²) in [6.45, 7) is 6.96. The zero-order valence-corrected chi connectivity index (χ0v) is 16.9. The Bertz CT molecular complexity index is 696. The molecule has 1 saturated heterocycles. The number of carbonyl (C=O) groups excluding carboxylic acids is 1. The van der Waals surface area contributed by atoms with Crippen molar-refractivity contribution in [1.29, 1.82) is 0 Å². The fourth-order valence-electron chi connectivity index (χ4n) is 2.94. The van der Waals surface area contributed by atoms with Gasteiger partial charge in [-0.25, -0.2) is 12.7 Å². The molecular weight excluding hydrogens is 356 g/mol. The first-order valence-electron chi connectivity index (χ1n) is 8.79. The number of benzene rings is 1. The van der Waals surface area contributed by atoms with Gasteiger partial charge in [0.05, 0.1) is 11.5 Å². The van der Waals surface area contributed by atoms with Gasteiger partial charge in [0.15, 0.2) is 0 Å². The van der Waals surface area contributed by atoms with E-state index >= 15 is 0 Å². The van der Waals surface area contributed by atoms with Gasteiger partial charge in [-0.2, -0.15) is 0 Å².